The lowest BCUT2D eigenvalue weighted by Crippen LogP contribution is -2.30. The Morgan fingerprint density at radius 3 is 2.59 bits per heavy atom. The number of aromatic hydroxyl groups is 1. The van der Waals surface area contributed by atoms with Crippen LogP contribution in [0.3, 0.4) is 0 Å². The number of methoxy groups -OCH3 is 1. The molecule has 2 rings (SSSR count). The molecule has 0 saturated carbocycles. The third kappa shape index (κ3) is 7.84. The molecule has 2 aromatic carbocycles. The highest BCUT2D eigenvalue weighted by molar-refractivity contribution is 5.92. The summed E-state index contributed by atoms with van der Waals surface area (Å²) in [6.45, 7) is 1.89. The third-order valence-corrected chi connectivity index (χ3v) is 4.50. The maximum absolute atomic E-state index is 12.7. The van der Waals surface area contributed by atoms with Crippen LogP contribution in [0, 0.1) is 0 Å². The Kier molecular flexibility index (Phi) is 9.52. The smallest absolute Gasteiger partial charge is 0.246 e. The number of carbonyl (C=O) groups excluding carboxylic acids is 1. The molecule has 0 fully saturated rings. The van der Waals surface area contributed by atoms with Crippen LogP contribution in [-0.2, 0) is 4.79 Å². The first-order chi connectivity index (χ1) is 14.1. The Hall–Kier alpha value is -3.05. The number of phenolic OH excluding ortho intramolecular Hbond substituents is 1. The highest BCUT2D eigenvalue weighted by Crippen LogP contribution is 2.26. The molecule has 1 amide bonds. The monoisotopic (exact) mass is 394 g/mol. The maximum atomic E-state index is 12.7. The zero-order valence-corrected chi connectivity index (χ0v) is 17.0. The van der Waals surface area contributed by atoms with Gasteiger partial charge < -0.3 is 20.5 Å². The number of unbranched alkanes of at least 4 members (excludes halogenated alkanes) is 2. The van der Waals surface area contributed by atoms with Gasteiger partial charge in [-0.05, 0) is 48.7 Å². The van der Waals surface area contributed by atoms with Gasteiger partial charge in [-0.2, -0.15) is 0 Å². The lowest BCUT2D eigenvalue weighted by molar-refractivity contribution is -0.125. The van der Waals surface area contributed by atoms with Crippen LogP contribution in [-0.4, -0.2) is 42.7 Å². The summed E-state index contributed by atoms with van der Waals surface area (Å²) in [6.07, 6.45) is 10.2. The van der Waals surface area contributed by atoms with E-state index >= 15 is 0 Å². The van der Waals surface area contributed by atoms with Gasteiger partial charge in [0.2, 0.25) is 5.91 Å². The van der Waals surface area contributed by atoms with E-state index in [9.17, 15) is 9.90 Å². The zero-order valence-electron chi connectivity index (χ0n) is 17.0. The van der Waals surface area contributed by atoms with Crippen LogP contribution in [0.25, 0.3) is 12.2 Å². The van der Waals surface area contributed by atoms with Crippen LogP contribution in [0.2, 0.25) is 0 Å². The van der Waals surface area contributed by atoms with E-state index in [-0.39, 0.29) is 11.7 Å². The quantitative estimate of drug-likeness (QED) is 0.445. The summed E-state index contributed by atoms with van der Waals surface area (Å²) in [4.78, 5) is 14.6. The van der Waals surface area contributed by atoms with E-state index in [1.165, 1.54) is 7.11 Å². The van der Waals surface area contributed by atoms with Crippen molar-refractivity contribution in [3.63, 3.8) is 0 Å². The van der Waals surface area contributed by atoms with Gasteiger partial charge >= 0.3 is 0 Å². The second kappa shape index (κ2) is 12.4. The van der Waals surface area contributed by atoms with E-state index in [2.05, 4.69) is 0 Å². The summed E-state index contributed by atoms with van der Waals surface area (Å²) in [5.41, 5.74) is 7.46. The van der Waals surface area contributed by atoms with Crippen LogP contribution in [0.15, 0.2) is 60.7 Å². The average Bonchev–Trinajstić information content (AvgIpc) is 2.75. The van der Waals surface area contributed by atoms with E-state index in [0.717, 1.165) is 30.4 Å². The lowest BCUT2D eigenvalue weighted by Gasteiger charge is -2.19. The Morgan fingerprint density at radius 2 is 1.86 bits per heavy atom. The van der Waals surface area contributed by atoms with E-state index < -0.39 is 0 Å². The number of amides is 1. The molecular weight excluding hydrogens is 364 g/mol. The van der Waals surface area contributed by atoms with E-state index in [1.54, 1.807) is 30.4 Å². The third-order valence-electron chi connectivity index (χ3n) is 4.50. The first kappa shape index (κ1) is 22.2. The van der Waals surface area contributed by atoms with Crippen molar-refractivity contribution in [1.82, 2.24) is 4.90 Å². The normalized spacial score (nSPS) is 11.2. The number of ether oxygens (including phenoxy) is 1. The summed E-state index contributed by atoms with van der Waals surface area (Å²) in [5, 5.41) is 9.69. The predicted octanol–water partition coefficient (Wildman–Crippen LogP) is 4.09. The van der Waals surface area contributed by atoms with Crippen molar-refractivity contribution in [2.75, 3.05) is 26.7 Å². The van der Waals surface area contributed by atoms with Crippen LogP contribution >= 0.6 is 0 Å². The standard InChI is InChI=1S/C24H30N2O3/c1-29-23-19-21(12-14-22(23)27)13-15-24(28)26(17-7-3-6-16-25)18-8-11-20-9-4-2-5-10-20/h2,4-5,8-15,19,27H,3,6-7,16-18,25H2,1H3/b11-8?,15-13+. The molecule has 0 heterocycles. The number of carbonyl (C=O) groups is 1. The molecule has 0 spiro atoms. The second-order valence-electron chi connectivity index (χ2n) is 6.71. The van der Waals surface area contributed by atoms with Crippen LogP contribution < -0.4 is 10.5 Å². The highest BCUT2D eigenvalue weighted by Gasteiger charge is 2.09. The first-order valence-corrected chi connectivity index (χ1v) is 9.89. The van der Waals surface area contributed by atoms with Gasteiger partial charge in [-0.15, -0.1) is 0 Å². The molecule has 0 aliphatic carbocycles. The molecule has 3 N–H and O–H groups in total. The van der Waals surface area contributed by atoms with Gasteiger partial charge in [0.05, 0.1) is 7.11 Å². The van der Waals surface area contributed by atoms with E-state index in [1.807, 2.05) is 47.4 Å². The van der Waals surface area contributed by atoms with Crippen LogP contribution in [0.4, 0.5) is 0 Å². The summed E-state index contributed by atoms with van der Waals surface area (Å²) in [6, 6.07) is 15.0. The fraction of sp³-hybridized carbons (Fsp3) is 0.292. The van der Waals surface area contributed by atoms with Crippen molar-refractivity contribution in [3.05, 3.63) is 71.8 Å². The number of nitrogens with zero attached hydrogens (tertiary/aromatic N) is 1. The number of hydrogen-bond acceptors (Lipinski definition) is 4. The summed E-state index contributed by atoms with van der Waals surface area (Å²) in [5.74, 6) is 0.398. The van der Waals surface area contributed by atoms with Crippen molar-refractivity contribution in [1.29, 1.82) is 0 Å². The Bertz CT molecular complexity index is 816. The fourth-order valence-corrected chi connectivity index (χ4v) is 2.87. The topological polar surface area (TPSA) is 75.8 Å². The van der Waals surface area contributed by atoms with Gasteiger partial charge in [-0.25, -0.2) is 0 Å². The van der Waals surface area contributed by atoms with Gasteiger partial charge in [-0.3, -0.25) is 4.79 Å². The number of rotatable bonds is 11. The van der Waals surface area contributed by atoms with Gasteiger partial charge in [-0.1, -0.05) is 55.0 Å². The molecule has 0 atom stereocenters. The van der Waals surface area contributed by atoms with Gasteiger partial charge in [0.15, 0.2) is 11.5 Å². The zero-order chi connectivity index (χ0) is 20.9. The molecule has 154 valence electrons. The molecule has 2 aromatic rings. The fourth-order valence-electron chi connectivity index (χ4n) is 2.87. The number of benzene rings is 2. The molecule has 5 nitrogen and oxygen atoms in total. The largest absolute Gasteiger partial charge is 0.504 e. The van der Waals surface area contributed by atoms with Crippen molar-refractivity contribution < 1.29 is 14.6 Å². The second-order valence-corrected chi connectivity index (χ2v) is 6.71. The van der Waals surface area contributed by atoms with Crippen LogP contribution in [0.1, 0.15) is 30.4 Å². The van der Waals surface area contributed by atoms with Crippen molar-refractivity contribution in [3.8, 4) is 11.5 Å². The molecule has 5 heteroatoms. The first-order valence-electron chi connectivity index (χ1n) is 9.89. The Balaban J connectivity index is 2.03. The average molecular weight is 395 g/mol. The molecule has 0 saturated heterocycles. The molecular formula is C24H30N2O3. The molecule has 29 heavy (non-hydrogen) atoms. The Morgan fingerprint density at radius 1 is 1.07 bits per heavy atom. The maximum Gasteiger partial charge on any atom is 0.246 e. The van der Waals surface area contributed by atoms with Gasteiger partial charge in [0.25, 0.3) is 0 Å². The Labute approximate surface area is 173 Å². The summed E-state index contributed by atoms with van der Waals surface area (Å²) < 4.78 is 5.11. The number of hydrogen-bond donors (Lipinski definition) is 2. The van der Waals surface area contributed by atoms with Gasteiger partial charge in [0.1, 0.15) is 0 Å². The number of nitrogens with two attached hydrogens (primary N) is 1. The minimum Gasteiger partial charge on any atom is -0.504 e. The number of phenols is 1. The van der Waals surface area contributed by atoms with E-state index in [4.69, 9.17) is 10.5 Å². The minimum absolute atomic E-state index is 0.0532. The van der Waals surface area contributed by atoms with Crippen molar-refractivity contribution >= 4 is 18.1 Å². The molecule has 0 aromatic heterocycles. The minimum atomic E-state index is -0.0532. The molecule has 0 bridgehead atoms. The van der Waals surface area contributed by atoms with Crippen LogP contribution in [0.5, 0.6) is 11.5 Å². The predicted molar refractivity (Wildman–Crippen MR) is 119 cm³/mol. The summed E-state index contributed by atoms with van der Waals surface area (Å²) in [7, 11) is 1.50. The lowest BCUT2D eigenvalue weighted by atomic mass is 10.1. The van der Waals surface area contributed by atoms with Crippen molar-refractivity contribution in [2.45, 2.75) is 19.3 Å². The SMILES string of the molecule is COc1cc(/C=C/C(=O)N(CC=Cc2ccccc2)CCCCCN)ccc1O. The molecule has 0 radical (unpaired) electrons. The van der Waals surface area contributed by atoms with E-state index in [0.29, 0.717) is 25.4 Å². The van der Waals surface area contributed by atoms with Crippen molar-refractivity contribution in [2.24, 2.45) is 5.73 Å². The van der Waals surface area contributed by atoms with Gasteiger partial charge in [0, 0.05) is 19.2 Å². The molecule has 0 unspecified atom stereocenters. The summed E-state index contributed by atoms with van der Waals surface area (Å²) >= 11 is 0. The highest BCUT2D eigenvalue weighted by atomic mass is 16.5. The molecule has 0 aliphatic rings. The molecule has 0 aliphatic heterocycles.